The number of carbonyl (C=O) groups is 2. The second-order valence-electron chi connectivity index (χ2n) is 13.6. The summed E-state index contributed by atoms with van der Waals surface area (Å²) in [7, 11) is 2.56. The largest absolute Gasteiger partial charge is 0.493 e. The number of esters is 2. The van der Waals surface area contributed by atoms with Crippen molar-refractivity contribution in [2.75, 3.05) is 27.3 Å². The molecule has 260 valence electrons. The number of hydrazine groups is 1. The van der Waals surface area contributed by atoms with Gasteiger partial charge in [0.05, 0.1) is 14.2 Å². The highest BCUT2D eigenvalue weighted by atomic mass is 16.5. The number of aryl methyl sites for hydroxylation is 4. The smallest absolute Gasteiger partial charge is 0.324 e. The van der Waals surface area contributed by atoms with Crippen LogP contribution in [0.1, 0.15) is 108 Å². The molecule has 3 fully saturated rings. The molecule has 1 aromatic heterocycles. The quantitative estimate of drug-likeness (QED) is 0.224. The molecule has 2 saturated carbocycles. The fourth-order valence-corrected chi connectivity index (χ4v) is 7.10. The summed E-state index contributed by atoms with van der Waals surface area (Å²) >= 11 is 0. The zero-order chi connectivity index (χ0) is 34.5. The molecule has 4 aliphatic rings. The molecule has 2 aliphatic heterocycles. The average Bonchev–Trinajstić information content (AvgIpc) is 4.02. The Labute approximate surface area is 283 Å². The van der Waals surface area contributed by atoms with E-state index in [1.54, 1.807) is 9.36 Å². The van der Waals surface area contributed by atoms with E-state index in [1.165, 1.54) is 63.9 Å². The number of aromatic nitrogens is 2. The number of fused-ring (bicyclic) bond motifs is 1. The van der Waals surface area contributed by atoms with Crippen molar-refractivity contribution in [2.24, 2.45) is 0 Å². The number of aromatic hydroxyl groups is 1. The highest BCUT2D eigenvalue weighted by molar-refractivity contribution is 6.01. The first-order valence-corrected chi connectivity index (χ1v) is 17.4. The number of ether oxygens (including phenoxy) is 2. The van der Waals surface area contributed by atoms with Crippen LogP contribution in [0.25, 0.3) is 11.1 Å². The van der Waals surface area contributed by atoms with Crippen LogP contribution in [0, 0.1) is 27.7 Å². The van der Waals surface area contributed by atoms with Gasteiger partial charge in [0.2, 0.25) is 5.88 Å². The maximum atomic E-state index is 12.8. The lowest BCUT2D eigenvalue weighted by Gasteiger charge is -2.19. The third-order valence-electron chi connectivity index (χ3n) is 9.86. The molecule has 0 spiro atoms. The number of methoxy groups -OCH3 is 2. The van der Waals surface area contributed by atoms with E-state index in [0.717, 1.165) is 60.3 Å². The van der Waals surface area contributed by atoms with Gasteiger partial charge < -0.3 is 14.6 Å². The molecule has 2 aromatic carbocycles. The summed E-state index contributed by atoms with van der Waals surface area (Å²) in [5.41, 5.74) is 14.9. The van der Waals surface area contributed by atoms with E-state index in [9.17, 15) is 19.5 Å². The zero-order valence-electron chi connectivity index (χ0n) is 29.4. The summed E-state index contributed by atoms with van der Waals surface area (Å²) in [5, 5.41) is 10.6. The maximum absolute atomic E-state index is 12.8. The van der Waals surface area contributed by atoms with Crippen LogP contribution in [0.5, 0.6) is 5.88 Å². The Bertz CT molecular complexity index is 1620. The van der Waals surface area contributed by atoms with E-state index >= 15 is 0 Å². The molecule has 10 nitrogen and oxygen atoms in total. The standard InChI is InChI=1S/C18H22N2O2.C16H20O4.C4H10N2/c1-11-9-14(13-5-6-13)10-12(2)15(11)16-17(21)19-7-3-4-8-20(19)18(16)22;1-9-7-12(11-5-6-11)8-10(2)13(9)14(15(17)19-3)16(18)20-4;1-2-4-6-5-3-1/h9-10,13,21H,3-8H2,1-2H3;7-8,11,14H,5-6H2,1-4H3;5-6H,1-4H2. The van der Waals surface area contributed by atoms with Crippen LogP contribution in [0.4, 0.5) is 0 Å². The van der Waals surface area contributed by atoms with Gasteiger partial charge in [-0.2, -0.15) is 0 Å². The van der Waals surface area contributed by atoms with Gasteiger partial charge in [0.25, 0.3) is 5.56 Å². The number of hydrogen-bond donors (Lipinski definition) is 3. The molecule has 2 aliphatic carbocycles. The van der Waals surface area contributed by atoms with Crippen LogP contribution in [0.15, 0.2) is 29.1 Å². The first kappa shape index (κ1) is 35.4. The summed E-state index contributed by atoms with van der Waals surface area (Å²) in [6.07, 6.45) is 9.64. The second-order valence-corrected chi connectivity index (χ2v) is 13.6. The van der Waals surface area contributed by atoms with Crippen LogP contribution < -0.4 is 16.4 Å². The second kappa shape index (κ2) is 15.6. The maximum Gasteiger partial charge on any atom is 0.324 e. The first-order chi connectivity index (χ1) is 23.1. The minimum Gasteiger partial charge on any atom is -0.493 e. The normalized spacial score (nSPS) is 17.0. The van der Waals surface area contributed by atoms with E-state index in [1.807, 2.05) is 13.8 Å². The first-order valence-electron chi connectivity index (χ1n) is 17.4. The SMILES string of the molecule is C1CCNNC1.COC(=O)C(C(=O)OC)c1c(C)cc(C2CC2)cc1C.Cc1cc(C2CC2)cc(C)c1-c1c(O)n2n(c1=O)CCCC2. The molecule has 3 aromatic rings. The van der Waals surface area contributed by atoms with Gasteiger partial charge in [-0.25, -0.2) is 4.68 Å². The Hall–Kier alpha value is -3.89. The van der Waals surface area contributed by atoms with E-state index in [4.69, 9.17) is 9.47 Å². The molecule has 0 amide bonds. The van der Waals surface area contributed by atoms with Crippen LogP contribution >= 0.6 is 0 Å². The molecule has 48 heavy (non-hydrogen) atoms. The minimum absolute atomic E-state index is 0.0532. The van der Waals surface area contributed by atoms with Gasteiger partial charge >= 0.3 is 11.9 Å². The van der Waals surface area contributed by atoms with Crippen molar-refractivity contribution >= 4 is 11.9 Å². The Morgan fingerprint density at radius 2 is 1.15 bits per heavy atom. The third-order valence-corrected chi connectivity index (χ3v) is 9.86. The Morgan fingerprint density at radius 1 is 0.708 bits per heavy atom. The highest BCUT2D eigenvalue weighted by Crippen LogP contribution is 2.44. The number of hydrogen-bond acceptors (Lipinski definition) is 8. The van der Waals surface area contributed by atoms with Gasteiger partial charge in [-0.05, 0) is 135 Å². The van der Waals surface area contributed by atoms with E-state index in [-0.39, 0.29) is 11.4 Å². The predicted octanol–water partition coefficient (Wildman–Crippen LogP) is 5.80. The molecule has 3 heterocycles. The molecule has 0 bridgehead atoms. The number of benzene rings is 2. The average molecular weight is 661 g/mol. The lowest BCUT2D eigenvalue weighted by molar-refractivity contribution is -0.154. The fourth-order valence-electron chi connectivity index (χ4n) is 7.10. The molecule has 1 saturated heterocycles. The summed E-state index contributed by atoms with van der Waals surface area (Å²) in [6.45, 7) is 11.6. The van der Waals surface area contributed by atoms with Gasteiger partial charge in [0.1, 0.15) is 5.56 Å². The number of rotatable bonds is 6. The Kier molecular flexibility index (Phi) is 11.5. The van der Waals surface area contributed by atoms with Crippen LogP contribution in [-0.4, -0.2) is 53.7 Å². The molecule has 7 rings (SSSR count). The molecule has 3 N–H and O–H groups in total. The van der Waals surface area contributed by atoms with E-state index in [2.05, 4.69) is 49.0 Å². The highest BCUT2D eigenvalue weighted by Gasteiger charge is 2.34. The number of nitrogens with zero attached hydrogens (tertiary/aromatic N) is 2. The fraction of sp³-hybridized carbons (Fsp3) is 0.553. The van der Waals surface area contributed by atoms with Crippen LogP contribution in [0.2, 0.25) is 0 Å². The third kappa shape index (κ3) is 7.87. The van der Waals surface area contributed by atoms with Crippen molar-refractivity contribution in [1.29, 1.82) is 0 Å². The van der Waals surface area contributed by atoms with Crippen molar-refractivity contribution in [3.8, 4) is 17.0 Å². The Balaban J connectivity index is 0.000000161. The molecule has 0 atom stereocenters. The molecule has 10 heteroatoms. The lowest BCUT2D eigenvalue weighted by Crippen LogP contribution is -2.37. The van der Waals surface area contributed by atoms with Crippen molar-refractivity contribution in [1.82, 2.24) is 20.2 Å². The van der Waals surface area contributed by atoms with Crippen LogP contribution in [-0.2, 0) is 32.2 Å². The van der Waals surface area contributed by atoms with E-state index < -0.39 is 17.9 Å². The Morgan fingerprint density at radius 3 is 1.52 bits per heavy atom. The molecular weight excluding hydrogens is 608 g/mol. The van der Waals surface area contributed by atoms with Crippen molar-refractivity contribution in [3.05, 3.63) is 73.6 Å². The summed E-state index contributed by atoms with van der Waals surface area (Å²) in [4.78, 5) is 36.6. The van der Waals surface area contributed by atoms with Crippen molar-refractivity contribution in [2.45, 2.75) is 110 Å². The molecule has 0 radical (unpaired) electrons. The number of nitrogens with one attached hydrogen (secondary N) is 2. The summed E-state index contributed by atoms with van der Waals surface area (Å²) < 4.78 is 12.9. The van der Waals surface area contributed by atoms with Crippen molar-refractivity contribution < 1.29 is 24.2 Å². The van der Waals surface area contributed by atoms with Gasteiger partial charge in [0.15, 0.2) is 5.92 Å². The zero-order valence-corrected chi connectivity index (χ0v) is 29.4. The number of carbonyl (C=O) groups excluding carboxylic acids is 2. The molecule has 0 unspecified atom stereocenters. The summed E-state index contributed by atoms with van der Waals surface area (Å²) in [5.74, 6) is -0.697. The summed E-state index contributed by atoms with van der Waals surface area (Å²) in [6, 6.07) is 8.53. The van der Waals surface area contributed by atoms with Gasteiger partial charge in [-0.3, -0.25) is 29.9 Å². The topological polar surface area (TPSA) is 124 Å². The van der Waals surface area contributed by atoms with Crippen LogP contribution in [0.3, 0.4) is 0 Å². The van der Waals surface area contributed by atoms with E-state index in [0.29, 0.717) is 29.5 Å². The van der Waals surface area contributed by atoms with Gasteiger partial charge in [0, 0.05) is 26.2 Å². The minimum atomic E-state index is -1.00. The monoisotopic (exact) mass is 660 g/mol. The van der Waals surface area contributed by atoms with Gasteiger partial charge in [-0.15, -0.1) is 0 Å². The van der Waals surface area contributed by atoms with Crippen molar-refractivity contribution in [3.63, 3.8) is 0 Å². The van der Waals surface area contributed by atoms with Gasteiger partial charge in [-0.1, -0.05) is 24.3 Å². The predicted molar refractivity (Wildman–Crippen MR) is 186 cm³/mol. The lowest BCUT2D eigenvalue weighted by atomic mass is 9.88. The molecular formula is C38H52N4O6.